The van der Waals surface area contributed by atoms with Crippen molar-refractivity contribution in [2.45, 2.75) is 19.4 Å². The molecule has 8 heteroatoms. The second-order valence-corrected chi connectivity index (χ2v) is 9.44. The second kappa shape index (κ2) is 10.6. The van der Waals surface area contributed by atoms with Crippen LogP contribution in [0.1, 0.15) is 28.3 Å². The van der Waals surface area contributed by atoms with Crippen molar-refractivity contribution in [3.05, 3.63) is 94.7 Å². The number of benzene rings is 3. The van der Waals surface area contributed by atoms with Gasteiger partial charge < -0.3 is 29.2 Å². The molecule has 5 rings (SSSR count). The third-order valence-corrected chi connectivity index (χ3v) is 7.19. The average Bonchev–Trinajstić information content (AvgIpc) is 3.48. The molecule has 0 radical (unpaired) electrons. The van der Waals surface area contributed by atoms with Crippen LogP contribution in [-0.2, 0) is 16.0 Å². The number of amides is 1. The fourth-order valence-electron chi connectivity index (χ4n) is 5.09. The Hall–Kier alpha value is -4.72. The number of carbonyl (C=O) groups is 2. The molecule has 39 heavy (non-hydrogen) atoms. The average molecular weight is 527 g/mol. The molecule has 200 valence electrons. The summed E-state index contributed by atoms with van der Waals surface area (Å²) in [5.41, 5.74) is 3.93. The predicted octanol–water partition coefficient (Wildman–Crippen LogP) is 5.17. The SMILES string of the molecule is COc1ccc(OC)c(C2/C(=C(/O)c3ccc(C)cc3)C(=O)C(=O)N2CCc2c[nH]c3ccc(OC)cc23)c1. The minimum atomic E-state index is -0.879. The number of aliphatic hydroxyl groups excluding tert-OH is 1. The number of Topliss-reactive ketones (excluding diaryl/α,β-unsaturated/α-hetero) is 1. The summed E-state index contributed by atoms with van der Waals surface area (Å²) in [6.45, 7) is 2.16. The number of H-pyrrole nitrogens is 1. The lowest BCUT2D eigenvalue weighted by atomic mass is 9.94. The number of methoxy groups -OCH3 is 3. The third-order valence-electron chi connectivity index (χ3n) is 7.19. The smallest absolute Gasteiger partial charge is 0.295 e. The topological polar surface area (TPSA) is 101 Å². The van der Waals surface area contributed by atoms with Crippen LogP contribution in [0.2, 0.25) is 0 Å². The zero-order chi connectivity index (χ0) is 27.7. The summed E-state index contributed by atoms with van der Waals surface area (Å²) in [6, 6.07) is 17.2. The molecule has 1 aromatic heterocycles. The highest BCUT2D eigenvalue weighted by atomic mass is 16.5. The number of hydrogen-bond acceptors (Lipinski definition) is 6. The first-order valence-corrected chi connectivity index (χ1v) is 12.6. The van der Waals surface area contributed by atoms with Crippen LogP contribution >= 0.6 is 0 Å². The Kier molecular flexibility index (Phi) is 7.02. The van der Waals surface area contributed by atoms with Gasteiger partial charge in [0.05, 0.1) is 32.9 Å². The maximum atomic E-state index is 13.5. The monoisotopic (exact) mass is 526 g/mol. The molecule has 1 atom stereocenters. The number of rotatable bonds is 8. The van der Waals surface area contributed by atoms with E-state index in [1.54, 1.807) is 44.6 Å². The van der Waals surface area contributed by atoms with Crippen LogP contribution in [0, 0.1) is 6.92 Å². The van der Waals surface area contributed by atoms with Crippen molar-refractivity contribution in [2.24, 2.45) is 0 Å². The Morgan fingerprint density at radius 2 is 1.62 bits per heavy atom. The van der Waals surface area contributed by atoms with Gasteiger partial charge in [0.15, 0.2) is 0 Å². The number of aromatic amines is 1. The van der Waals surface area contributed by atoms with Crippen molar-refractivity contribution >= 4 is 28.4 Å². The van der Waals surface area contributed by atoms with Gasteiger partial charge in [-0.25, -0.2) is 0 Å². The van der Waals surface area contributed by atoms with Gasteiger partial charge in [-0.2, -0.15) is 0 Å². The van der Waals surface area contributed by atoms with E-state index in [2.05, 4.69) is 4.98 Å². The van der Waals surface area contributed by atoms with Gasteiger partial charge >= 0.3 is 0 Å². The standard InChI is InChI=1S/C31H30N2O6/c1-18-5-7-19(8-6-18)29(34)27-28(24-16-22(38-3)10-12-26(24)39-4)33(31(36)30(27)35)14-13-20-17-32-25-11-9-21(37-2)15-23(20)25/h5-12,15-17,28,32,34H,13-14H2,1-4H3/b29-27-. The first-order valence-electron chi connectivity index (χ1n) is 12.6. The lowest BCUT2D eigenvalue weighted by Crippen LogP contribution is -2.31. The fraction of sp³-hybridized carbons (Fsp3) is 0.226. The fourth-order valence-corrected chi connectivity index (χ4v) is 5.09. The van der Waals surface area contributed by atoms with Crippen LogP contribution in [0.15, 0.2) is 72.4 Å². The largest absolute Gasteiger partial charge is 0.507 e. The molecule has 0 spiro atoms. The molecule has 2 heterocycles. The summed E-state index contributed by atoms with van der Waals surface area (Å²) < 4.78 is 16.5. The van der Waals surface area contributed by atoms with E-state index >= 15 is 0 Å². The van der Waals surface area contributed by atoms with E-state index in [1.165, 1.54) is 12.0 Å². The normalized spacial score (nSPS) is 16.6. The van der Waals surface area contributed by atoms with Crippen LogP contribution in [0.4, 0.5) is 0 Å². The summed E-state index contributed by atoms with van der Waals surface area (Å²) in [6.07, 6.45) is 2.36. The van der Waals surface area contributed by atoms with E-state index in [0.717, 1.165) is 27.8 Å². The molecule has 1 saturated heterocycles. The zero-order valence-electron chi connectivity index (χ0n) is 22.3. The molecule has 1 unspecified atom stereocenters. The third kappa shape index (κ3) is 4.69. The molecule has 0 bridgehead atoms. The van der Waals surface area contributed by atoms with Crippen molar-refractivity contribution in [2.75, 3.05) is 27.9 Å². The lowest BCUT2D eigenvalue weighted by molar-refractivity contribution is -0.139. The van der Waals surface area contributed by atoms with Crippen molar-refractivity contribution < 1.29 is 28.9 Å². The number of ether oxygens (including phenoxy) is 3. The summed E-state index contributed by atoms with van der Waals surface area (Å²) >= 11 is 0. The zero-order valence-corrected chi connectivity index (χ0v) is 22.3. The van der Waals surface area contributed by atoms with Gasteiger partial charge in [-0.1, -0.05) is 29.8 Å². The van der Waals surface area contributed by atoms with Gasteiger partial charge in [0.25, 0.3) is 11.7 Å². The van der Waals surface area contributed by atoms with Crippen LogP contribution < -0.4 is 14.2 Å². The molecule has 0 saturated carbocycles. The van der Waals surface area contributed by atoms with Gasteiger partial charge in [-0.3, -0.25) is 9.59 Å². The lowest BCUT2D eigenvalue weighted by Gasteiger charge is -2.27. The molecule has 1 amide bonds. The number of aliphatic hydroxyl groups is 1. The van der Waals surface area contributed by atoms with E-state index < -0.39 is 17.7 Å². The Balaban J connectivity index is 1.61. The van der Waals surface area contributed by atoms with Crippen molar-refractivity contribution in [1.29, 1.82) is 0 Å². The summed E-state index contributed by atoms with van der Waals surface area (Å²) in [5, 5.41) is 12.4. The van der Waals surface area contributed by atoms with E-state index in [9.17, 15) is 14.7 Å². The van der Waals surface area contributed by atoms with E-state index in [0.29, 0.717) is 29.0 Å². The number of nitrogens with zero attached hydrogens (tertiary/aromatic N) is 1. The number of likely N-dealkylation sites (tertiary alicyclic amines) is 1. The minimum absolute atomic E-state index is 0.0102. The first-order chi connectivity index (χ1) is 18.9. The van der Waals surface area contributed by atoms with E-state index in [-0.39, 0.29) is 17.9 Å². The highest BCUT2D eigenvalue weighted by Crippen LogP contribution is 2.44. The summed E-state index contributed by atoms with van der Waals surface area (Å²) in [7, 11) is 4.68. The predicted molar refractivity (Wildman–Crippen MR) is 148 cm³/mol. The molecular formula is C31H30N2O6. The molecule has 1 aliphatic rings. The maximum absolute atomic E-state index is 13.5. The highest BCUT2D eigenvalue weighted by molar-refractivity contribution is 6.46. The van der Waals surface area contributed by atoms with Crippen LogP contribution in [0.3, 0.4) is 0 Å². The second-order valence-electron chi connectivity index (χ2n) is 9.44. The van der Waals surface area contributed by atoms with E-state index in [1.807, 2.05) is 43.5 Å². The molecule has 8 nitrogen and oxygen atoms in total. The van der Waals surface area contributed by atoms with Gasteiger partial charge in [0, 0.05) is 34.8 Å². The van der Waals surface area contributed by atoms with Crippen LogP contribution in [0.25, 0.3) is 16.7 Å². The molecule has 3 aromatic carbocycles. The van der Waals surface area contributed by atoms with Crippen LogP contribution in [0.5, 0.6) is 17.2 Å². The number of hydrogen-bond donors (Lipinski definition) is 2. The Bertz CT molecular complexity index is 1580. The number of aryl methyl sites for hydroxylation is 1. The van der Waals surface area contributed by atoms with Crippen LogP contribution in [-0.4, -0.2) is 54.6 Å². The van der Waals surface area contributed by atoms with E-state index in [4.69, 9.17) is 14.2 Å². The minimum Gasteiger partial charge on any atom is -0.507 e. The molecule has 2 N–H and O–H groups in total. The van der Waals surface area contributed by atoms with Gasteiger partial charge in [0.1, 0.15) is 23.0 Å². The molecule has 1 fully saturated rings. The van der Waals surface area contributed by atoms with Crippen molar-refractivity contribution in [3.63, 3.8) is 0 Å². The number of aromatic nitrogens is 1. The van der Waals surface area contributed by atoms with Crippen molar-refractivity contribution in [1.82, 2.24) is 9.88 Å². The molecular weight excluding hydrogens is 496 g/mol. The Morgan fingerprint density at radius 3 is 2.31 bits per heavy atom. The number of nitrogens with one attached hydrogen (secondary N) is 1. The van der Waals surface area contributed by atoms with Gasteiger partial charge in [-0.05, 0) is 55.3 Å². The quantitative estimate of drug-likeness (QED) is 0.187. The number of carbonyl (C=O) groups excluding carboxylic acids is 2. The number of fused-ring (bicyclic) bond motifs is 1. The number of ketones is 1. The Labute approximate surface area is 226 Å². The maximum Gasteiger partial charge on any atom is 0.295 e. The molecule has 0 aliphatic carbocycles. The molecule has 1 aliphatic heterocycles. The highest BCUT2D eigenvalue weighted by Gasteiger charge is 2.47. The first kappa shape index (κ1) is 25.9. The summed E-state index contributed by atoms with van der Waals surface area (Å²) in [4.78, 5) is 31.7. The summed E-state index contributed by atoms with van der Waals surface area (Å²) in [5.74, 6) is 0.0693. The van der Waals surface area contributed by atoms with Gasteiger partial charge in [-0.15, -0.1) is 0 Å². The molecule has 4 aromatic rings. The van der Waals surface area contributed by atoms with Crippen molar-refractivity contribution in [3.8, 4) is 17.2 Å². The van der Waals surface area contributed by atoms with Gasteiger partial charge in [0.2, 0.25) is 0 Å². The Morgan fingerprint density at radius 1 is 0.923 bits per heavy atom.